The van der Waals surface area contributed by atoms with Gasteiger partial charge < -0.3 is 15.1 Å². The maximum atomic E-state index is 10.9. The summed E-state index contributed by atoms with van der Waals surface area (Å²) in [5.41, 5.74) is 1.40. The Kier molecular flexibility index (Phi) is 3.70. The van der Waals surface area contributed by atoms with Crippen molar-refractivity contribution in [2.24, 2.45) is 0 Å². The molecule has 0 aliphatic carbocycles. The third-order valence-electron chi connectivity index (χ3n) is 2.77. The maximum Gasteiger partial charge on any atom is 0.273 e. The predicted molar refractivity (Wildman–Crippen MR) is 73.4 cm³/mol. The molecule has 2 N–H and O–H groups in total. The quantitative estimate of drug-likeness (QED) is 0.636. The molecule has 2 aromatic rings. The highest BCUT2D eigenvalue weighted by Crippen LogP contribution is 2.27. The number of nitrogens with zero attached hydrogens (tertiary/aromatic N) is 1. The molecule has 1 unspecified atom stereocenters. The summed E-state index contributed by atoms with van der Waals surface area (Å²) in [6.07, 6.45) is 1.60. The van der Waals surface area contributed by atoms with Crippen molar-refractivity contribution < 1.29 is 9.34 Å². The van der Waals surface area contributed by atoms with E-state index in [2.05, 4.69) is 10.6 Å². The number of nitrogens with one attached hydrogen (secondary N) is 2. The summed E-state index contributed by atoms with van der Waals surface area (Å²) >= 11 is 0. The fourth-order valence-corrected chi connectivity index (χ4v) is 1.80. The van der Waals surface area contributed by atoms with E-state index in [0.717, 1.165) is 5.76 Å². The van der Waals surface area contributed by atoms with E-state index in [1.807, 2.05) is 19.1 Å². The van der Waals surface area contributed by atoms with Gasteiger partial charge >= 0.3 is 0 Å². The monoisotopic (exact) mass is 261 g/mol. The average molecular weight is 261 g/mol. The molecule has 1 aromatic heterocycles. The molecule has 0 saturated carbocycles. The number of nitro groups is 1. The van der Waals surface area contributed by atoms with Crippen LogP contribution < -0.4 is 10.6 Å². The van der Waals surface area contributed by atoms with Gasteiger partial charge in [0.2, 0.25) is 0 Å². The molecule has 1 atom stereocenters. The van der Waals surface area contributed by atoms with E-state index in [4.69, 9.17) is 4.42 Å². The van der Waals surface area contributed by atoms with Crippen LogP contribution in [0.4, 0.5) is 17.1 Å². The molecule has 100 valence electrons. The van der Waals surface area contributed by atoms with Gasteiger partial charge in [-0.2, -0.15) is 0 Å². The summed E-state index contributed by atoms with van der Waals surface area (Å²) in [6, 6.07) is 8.39. The predicted octanol–water partition coefficient (Wildman–Crippen LogP) is 3.40. The van der Waals surface area contributed by atoms with Crippen LogP contribution in [0.25, 0.3) is 0 Å². The number of non-ortho nitro benzene ring substituents is 1. The van der Waals surface area contributed by atoms with Gasteiger partial charge in [-0.1, -0.05) is 0 Å². The van der Waals surface area contributed by atoms with Crippen molar-refractivity contribution in [3.05, 3.63) is 52.5 Å². The largest absolute Gasteiger partial charge is 0.467 e. The van der Waals surface area contributed by atoms with Crippen LogP contribution in [-0.4, -0.2) is 12.0 Å². The minimum atomic E-state index is -0.413. The van der Waals surface area contributed by atoms with Gasteiger partial charge in [-0.05, 0) is 25.1 Å². The van der Waals surface area contributed by atoms with Gasteiger partial charge in [-0.15, -0.1) is 0 Å². The minimum absolute atomic E-state index is 0.0426. The maximum absolute atomic E-state index is 10.9. The van der Waals surface area contributed by atoms with Crippen LogP contribution in [0, 0.1) is 10.1 Å². The molecule has 1 heterocycles. The molecule has 0 saturated heterocycles. The Balaban J connectivity index is 2.24. The highest BCUT2D eigenvalue weighted by molar-refractivity contribution is 5.63. The number of nitro benzene ring substituents is 1. The topological polar surface area (TPSA) is 80.3 Å². The van der Waals surface area contributed by atoms with Crippen molar-refractivity contribution in [3.8, 4) is 0 Å². The molecule has 0 radical (unpaired) electrons. The van der Waals surface area contributed by atoms with Crippen LogP contribution in [-0.2, 0) is 0 Å². The van der Waals surface area contributed by atoms with Gasteiger partial charge in [-0.25, -0.2) is 0 Å². The zero-order valence-electron chi connectivity index (χ0n) is 10.7. The van der Waals surface area contributed by atoms with Gasteiger partial charge in [0.1, 0.15) is 5.76 Å². The Morgan fingerprint density at radius 1 is 1.32 bits per heavy atom. The minimum Gasteiger partial charge on any atom is -0.467 e. The number of hydrogen-bond acceptors (Lipinski definition) is 5. The summed E-state index contributed by atoms with van der Waals surface area (Å²) < 4.78 is 5.29. The molecule has 0 aliphatic heterocycles. The van der Waals surface area contributed by atoms with Crippen molar-refractivity contribution >= 4 is 17.1 Å². The van der Waals surface area contributed by atoms with Crippen molar-refractivity contribution in [2.75, 3.05) is 17.7 Å². The summed E-state index contributed by atoms with van der Waals surface area (Å²) in [7, 11) is 1.72. The summed E-state index contributed by atoms with van der Waals surface area (Å²) in [5.74, 6) is 0.775. The molecular weight excluding hydrogens is 246 g/mol. The molecule has 2 rings (SSSR count). The van der Waals surface area contributed by atoms with Crippen LogP contribution in [0.15, 0.2) is 41.0 Å². The van der Waals surface area contributed by atoms with Crippen LogP contribution in [0.5, 0.6) is 0 Å². The summed E-state index contributed by atoms with van der Waals surface area (Å²) in [4.78, 5) is 10.5. The number of anilines is 2. The summed E-state index contributed by atoms with van der Waals surface area (Å²) in [6.45, 7) is 1.93. The fourth-order valence-electron chi connectivity index (χ4n) is 1.80. The van der Waals surface area contributed by atoms with E-state index in [9.17, 15) is 10.1 Å². The van der Waals surface area contributed by atoms with Gasteiger partial charge in [0.05, 0.1) is 17.2 Å². The second-order valence-electron chi connectivity index (χ2n) is 4.16. The van der Waals surface area contributed by atoms with Crippen molar-refractivity contribution in [1.29, 1.82) is 0 Å². The summed E-state index contributed by atoms with van der Waals surface area (Å²) in [5, 5.41) is 16.9. The second kappa shape index (κ2) is 5.43. The lowest BCUT2D eigenvalue weighted by atomic mass is 10.2. The standard InChI is InChI=1S/C13H15N3O3/c1-9(13-4-3-5-19-13)15-11-6-10(14-2)7-12(8-11)16(17)18/h3-9,14-15H,1-2H3. The van der Waals surface area contributed by atoms with Gasteiger partial charge in [0.25, 0.3) is 5.69 Å². The van der Waals surface area contributed by atoms with E-state index in [0.29, 0.717) is 11.4 Å². The first-order chi connectivity index (χ1) is 9.10. The Morgan fingerprint density at radius 2 is 2.05 bits per heavy atom. The third kappa shape index (κ3) is 3.04. The molecule has 19 heavy (non-hydrogen) atoms. The molecule has 0 amide bonds. The van der Waals surface area contributed by atoms with E-state index in [1.165, 1.54) is 12.1 Å². The van der Waals surface area contributed by atoms with Crippen molar-refractivity contribution in [1.82, 2.24) is 0 Å². The Hall–Kier alpha value is -2.50. The first kappa shape index (κ1) is 12.9. The Labute approximate surface area is 110 Å². The lowest BCUT2D eigenvalue weighted by Gasteiger charge is -2.13. The molecule has 0 aliphatic rings. The molecule has 6 nitrogen and oxygen atoms in total. The zero-order valence-corrected chi connectivity index (χ0v) is 10.7. The van der Waals surface area contributed by atoms with E-state index < -0.39 is 4.92 Å². The number of hydrogen-bond donors (Lipinski definition) is 2. The lowest BCUT2D eigenvalue weighted by Crippen LogP contribution is -2.06. The molecule has 1 aromatic carbocycles. The Morgan fingerprint density at radius 3 is 2.63 bits per heavy atom. The van der Waals surface area contributed by atoms with Gasteiger partial charge in [0.15, 0.2) is 0 Å². The highest BCUT2D eigenvalue weighted by Gasteiger charge is 2.12. The second-order valence-corrected chi connectivity index (χ2v) is 4.16. The number of rotatable bonds is 5. The van der Waals surface area contributed by atoms with Crippen molar-refractivity contribution in [3.63, 3.8) is 0 Å². The van der Waals surface area contributed by atoms with E-state index in [-0.39, 0.29) is 11.7 Å². The van der Waals surface area contributed by atoms with Crippen LogP contribution in [0.3, 0.4) is 0 Å². The lowest BCUT2D eigenvalue weighted by molar-refractivity contribution is -0.384. The van der Waals surface area contributed by atoms with E-state index in [1.54, 1.807) is 19.4 Å². The normalized spacial score (nSPS) is 11.9. The highest BCUT2D eigenvalue weighted by atomic mass is 16.6. The third-order valence-corrected chi connectivity index (χ3v) is 2.77. The van der Waals surface area contributed by atoms with Crippen LogP contribution >= 0.6 is 0 Å². The smallest absolute Gasteiger partial charge is 0.273 e. The van der Waals surface area contributed by atoms with Gasteiger partial charge in [-0.3, -0.25) is 10.1 Å². The number of benzene rings is 1. The molecule has 6 heteroatoms. The Bertz CT molecular complexity index is 567. The molecule has 0 fully saturated rings. The molecular formula is C13H15N3O3. The average Bonchev–Trinajstić information content (AvgIpc) is 2.92. The molecule has 0 bridgehead atoms. The first-order valence-corrected chi connectivity index (χ1v) is 5.87. The SMILES string of the molecule is CNc1cc(NC(C)c2ccco2)cc([N+](=O)[O-])c1. The van der Waals surface area contributed by atoms with Crippen LogP contribution in [0.2, 0.25) is 0 Å². The fraction of sp³-hybridized carbons (Fsp3) is 0.231. The number of furan rings is 1. The van der Waals surface area contributed by atoms with Crippen LogP contribution in [0.1, 0.15) is 18.7 Å². The van der Waals surface area contributed by atoms with Crippen molar-refractivity contribution in [2.45, 2.75) is 13.0 Å². The van der Waals surface area contributed by atoms with Gasteiger partial charge in [0, 0.05) is 30.6 Å². The first-order valence-electron chi connectivity index (χ1n) is 5.87. The van der Waals surface area contributed by atoms with E-state index >= 15 is 0 Å². The zero-order chi connectivity index (χ0) is 13.8. The molecule has 0 spiro atoms.